The molecule has 1 N–H and O–H groups in total. The summed E-state index contributed by atoms with van der Waals surface area (Å²) in [4.78, 5) is 37.2. The minimum Gasteiger partial charge on any atom is -0.444 e. The Kier molecular flexibility index (Phi) is 6.19. The Labute approximate surface area is 169 Å². The third kappa shape index (κ3) is 5.17. The van der Waals surface area contributed by atoms with Crippen LogP contribution in [0.4, 0.5) is 5.69 Å². The number of aryl methyl sites for hydroxylation is 1. The van der Waals surface area contributed by atoms with Crippen molar-refractivity contribution in [2.24, 2.45) is 0 Å². The zero-order chi connectivity index (χ0) is 20.8. The molecule has 0 aromatic heterocycles. The molecule has 0 aliphatic carbocycles. The van der Waals surface area contributed by atoms with Crippen molar-refractivity contribution >= 4 is 23.3 Å². The lowest BCUT2D eigenvalue weighted by atomic mass is 10.1. The van der Waals surface area contributed by atoms with Crippen molar-refractivity contribution in [2.75, 3.05) is 5.32 Å². The number of hydrogen-bond donors (Lipinski definition) is 1. The minimum atomic E-state index is -1.13. The summed E-state index contributed by atoms with van der Waals surface area (Å²) < 4.78 is 5.57. The van der Waals surface area contributed by atoms with Gasteiger partial charge in [0, 0.05) is 16.8 Å². The molecule has 29 heavy (non-hydrogen) atoms. The van der Waals surface area contributed by atoms with Crippen molar-refractivity contribution < 1.29 is 19.1 Å². The molecule has 0 heterocycles. The van der Waals surface area contributed by atoms with Gasteiger partial charge in [0.05, 0.1) is 5.56 Å². The van der Waals surface area contributed by atoms with Crippen molar-refractivity contribution in [1.29, 1.82) is 0 Å². The molecule has 5 nitrogen and oxygen atoms in total. The Hall–Kier alpha value is -3.73. The molecular weight excluding hydrogens is 366 g/mol. The van der Waals surface area contributed by atoms with Gasteiger partial charge in [-0.15, -0.1) is 0 Å². The number of esters is 1. The Bertz CT molecular complexity index is 1040. The summed E-state index contributed by atoms with van der Waals surface area (Å²) >= 11 is 0. The van der Waals surface area contributed by atoms with Gasteiger partial charge in [0.2, 0.25) is 6.10 Å². The smallest absolute Gasteiger partial charge is 0.339 e. The van der Waals surface area contributed by atoms with Crippen LogP contribution in [-0.4, -0.2) is 17.7 Å². The molecule has 3 aromatic carbocycles. The molecule has 0 aliphatic rings. The van der Waals surface area contributed by atoms with Gasteiger partial charge in [-0.3, -0.25) is 9.59 Å². The summed E-state index contributed by atoms with van der Waals surface area (Å²) in [6.45, 7) is 3.33. The van der Waals surface area contributed by atoms with Crippen LogP contribution in [0.1, 0.15) is 44.9 Å². The molecule has 0 saturated carbocycles. The van der Waals surface area contributed by atoms with Crippen LogP contribution in [0.3, 0.4) is 0 Å². The van der Waals surface area contributed by atoms with E-state index < -0.39 is 18.0 Å². The Balaban J connectivity index is 1.85. The quantitative estimate of drug-likeness (QED) is 0.490. The van der Waals surface area contributed by atoms with E-state index in [1.807, 2.05) is 19.1 Å². The first-order valence-corrected chi connectivity index (χ1v) is 9.18. The topological polar surface area (TPSA) is 72.5 Å². The fourth-order valence-electron chi connectivity index (χ4n) is 2.87. The highest BCUT2D eigenvalue weighted by molar-refractivity contribution is 6.00. The SMILES string of the molecule is CC(=O)c1cccc(NC(=O)[C@H](OC(=O)c2cccc(C)c2)c2ccccc2)c1. The molecule has 5 heteroatoms. The van der Waals surface area contributed by atoms with Crippen molar-refractivity contribution in [3.05, 3.63) is 101 Å². The van der Waals surface area contributed by atoms with Crippen LogP contribution < -0.4 is 5.32 Å². The maximum absolute atomic E-state index is 13.0. The molecule has 0 bridgehead atoms. The molecule has 1 atom stereocenters. The van der Waals surface area contributed by atoms with Gasteiger partial charge in [0.25, 0.3) is 5.91 Å². The molecule has 0 saturated heterocycles. The van der Waals surface area contributed by atoms with Crippen molar-refractivity contribution in [1.82, 2.24) is 0 Å². The summed E-state index contributed by atoms with van der Waals surface area (Å²) in [6, 6.07) is 22.4. The largest absolute Gasteiger partial charge is 0.444 e. The number of benzene rings is 3. The van der Waals surface area contributed by atoms with Gasteiger partial charge in [-0.1, -0.05) is 60.2 Å². The van der Waals surface area contributed by atoms with Crippen LogP contribution >= 0.6 is 0 Å². The van der Waals surface area contributed by atoms with Gasteiger partial charge in [-0.2, -0.15) is 0 Å². The van der Waals surface area contributed by atoms with E-state index in [-0.39, 0.29) is 5.78 Å². The van der Waals surface area contributed by atoms with Crippen molar-refractivity contribution in [2.45, 2.75) is 20.0 Å². The van der Waals surface area contributed by atoms with Crippen LogP contribution in [0.5, 0.6) is 0 Å². The monoisotopic (exact) mass is 387 g/mol. The molecule has 0 unspecified atom stereocenters. The third-order valence-electron chi connectivity index (χ3n) is 4.36. The van der Waals surface area contributed by atoms with Crippen LogP contribution in [-0.2, 0) is 9.53 Å². The maximum atomic E-state index is 13.0. The molecule has 3 aromatic rings. The van der Waals surface area contributed by atoms with E-state index in [9.17, 15) is 14.4 Å². The Morgan fingerprint density at radius 1 is 0.828 bits per heavy atom. The molecule has 146 valence electrons. The highest BCUT2D eigenvalue weighted by atomic mass is 16.5. The van der Waals surface area contributed by atoms with Gasteiger partial charge in [-0.05, 0) is 38.1 Å². The lowest BCUT2D eigenvalue weighted by molar-refractivity contribution is -0.125. The lowest BCUT2D eigenvalue weighted by Gasteiger charge is -2.18. The lowest BCUT2D eigenvalue weighted by Crippen LogP contribution is -2.26. The van der Waals surface area contributed by atoms with Crippen LogP contribution in [0.2, 0.25) is 0 Å². The molecule has 0 aliphatic heterocycles. The second kappa shape index (κ2) is 8.97. The van der Waals surface area contributed by atoms with Gasteiger partial charge in [0.15, 0.2) is 5.78 Å². The summed E-state index contributed by atoms with van der Waals surface area (Å²) in [7, 11) is 0. The van der Waals surface area contributed by atoms with Crippen molar-refractivity contribution in [3.63, 3.8) is 0 Å². The van der Waals surface area contributed by atoms with E-state index in [0.717, 1.165) is 5.56 Å². The minimum absolute atomic E-state index is 0.105. The molecular formula is C24H21NO4. The van der Waals surface area contributed by atoms with Crippen LogP contribution in [0, 0.1) is 6.92 Å². The first kappa shape index (κ1) is 20.0. The maximum Gasteiger partial charge on any atom is 0.339 e. The highest BCUT2D eigenvalue weighted by Gasteiger charge is 2.26. The first-order valence-electron chi connectivity index (χ1n) is 9.18. The number of hydrogen-bond acceptors (Lipinski definition) is 4. The van der Waals surface area contributed by atoms with E-state index in [1.165, 1.54) is 6.92 Å². The Morgan fingerprint density at radius 3 is 2.21 bits per heavy atom. The van der Waals surface area contributed by atoms with Gasteiger partial charge in [-0.25, -0.2) is 4.79 Å². The average molecular weight is 387 g/mol. The number of carbonyl (C=O) groups is 3. The molecule has 0 spiro atoms. The van der Waals surface area contributed by atoms with Crippen molar-refractivity contribution in [3.8, 4) is 0 Å². The molecule has 0 fully saturated rings. The summed E-state index contributed by atoms with van der Waals surface area (Å²) in [5.41, 5.74) is 2.78. The second-order valence-electron chi connectivity index (χ2n) is 6.69. The van der Waals surface area contributed by atoms with E-state index in [4.69, 9.17) is 4.74 Å². The summed E-state index contributed by atoms with van der Waals surface area (Å²) in [5, 5.41) is 2.74. The Morgan fingerprint density at radius 2 is 1.52 bits per heavy atom. The fraction of sp³-hybridized carbons (Fsp3) is 0.125. The predicted octanol–water partition coefficient (Wildman–Crippen LogP) is 4.73. The highest BCUT2D eigenvalue weighted by Crippen LogP contribution is 2.22. The zero-order valence-electron chi connectivity index (χ0n) is 16.2. The van der Waals surface area contributed by atoms with E-state index >= 15 is 0 Å². The summed E-state index contributed by atoms with van der Waals surface area (Å²) in [6.07, 6.45) is -1.13. The van der Waals surface area contributed by atoms with Crippen LogP contribution in [0.15, 0.2) is 78.9 Å². The number of rotatable bonds is 6. The third-order valence-corrected chi connectivity index (χ3v) is 4.36. The average Bonchev–Trinajstić information content (AvgIpc) is 2.72. The van der Waals surface area contributed by atoms with E-state index in [2.05, 4.69) is 5.32 Å². The number of amides is 1. The van der Waals surface area contributed by atoms with Gasteiger partial charge >= 0.3 is 5.97 Å². The van der Waals surface area contributed by atoms with E-state index in [0.29, 0.717) is 22.4 Å². The molecule has 0 radical (unpaired) electrons. The van der Waals surface area contributed by atoms with Gasteiger partial charge in [0.1, 0.15) is 0 Å². The number of Topliss-reactive ketones (excluding diaryl/α,β-unsaturated/α-hetero) is 1. The van der Waals surface area contributed by atoms with E-state index in [1.54, 1.807) is 66.7 Å². The number of ketones is 1. The number of anilines is 1. The number of carbonyl (C=O) groups excluding carboxylic acids is 3. The fourth-order valence-corrected chi connectivity index (χ4v) is 2.87. The standard InChI is InChI=1S/C24H21NO4/c1-16-8-6-12-20(14-16)24(28)29-22(18-9-4-3-5-10-18)23(27)25-21-13-7-11-19(15-21)17(2)26/h3-15,22H,1-2H3,(H,25,27)/t22-/m1/s1. The van der Waals surface area contributed by atoms with Gasteiger partial charge < -0.3 is 10.1 Å². The molecule has 1 amide bonds. The summed E-state index contributed by atoms with van der Waals surface area (Å²) in [5.74, 6) is -1.19. The number of ether oxygens (including phenoxy) is 1. The second-order valence-corrected chi connectivity index (χ2v) is 6.69. The predicted molar refractivity (Wildman–Crippen MR) is 111 cm³/mol. The molecule has 3 rings (SSSR count). The normalized spacial score (nSPS) is 11.4. The van der Waals surface area contributed by atoms with Crippen LogP contribution in [0.25, 0.3) is 0 Å². The zero-order valence-corrected chi connectivity index (χ0v) is 16.2. The first-order chi connectivity index (χ1) is 13.9. The number of nitrogens with one attached hydrogen (secondary N) is 1.